The molecule has 0 radical (unpaired) electrons. The van der Waals surface area contributed by atoms with Crippen molar-refractivity contribution in [1.82, 2.24) is 10.2 Å². The molecule has 1 heterocycles. The van der Waals surface area contributed by atoms with E-state index in [9.17, 15) is 4.79 Å². The van der Waals surface area contributed by atoms with Gasteiger partial charge in [0.2, 0.25) is 5.91 Å². The van der Waals surface area contributed by atoms with E-state index in [4.69, 9.17) is 0 Å². The average molecular weight is 188 g/mol. The number of carbonyl (C=O) groups is 1. The molecule has 0 aliphatic carbocycles. The first-order chi connectivity index (χ1) is 5.84. The molecular weight excluding hydrogens is 172 g/mol. The number of unbranched alkanes of at least 4 members (excludes halogenated alkanes) is 1. The molecule has 1 aliphatic heterocycles. The monoisotopic (exact) mass is 188 g/mol. The fourth-order valence-electron chi connectivity index (χ4n) is 1.25. The minimum absolute atomic E-state index is 0.249. The van der Waals surface area contributed by atoms with Gasteiger partial charge in [0.15, 0.2) is 0 Å². The standard InChI is InChI=1S/C8H16N2OS/c1-12-5-3-2-4-10-7-9-6-8(10)11/h9H,2-7H2,1H3. The molecule has 0 bridgehead atoms. The molecular formula is C8H16N2OS. The first-order valence-electron chi connectivity index (χ1n) is 4.32. The van der Waals surface area contributed by atoms with Crippen LogP contribution in [0.4, 0.5) is 0 Å². The maximum atomic E-state index is 11.1. The van der Waals surface area contributed by atoms with E-state index in [0.717, 1.165) is 19.6 Å². The normalized spacial score (nSPS) is 17.4. The van der Waals surface area contributed by atoms with Crippen molar-refractivity contribution in [2.45, 2.75) is 12.8 Å². The van der Waals surface area contributed by atoms with E-state index in [2.05, 4.69) is 11.6 Å². The average Bonchev–Trinajstić information content (AvgIpc) is 2.46. The van der Waals surface area contributed by atoms with Gasteiger partial charge in [0.1, 0.15) is 0 Å². The van der Waals surface area contributed by atoms with Gasteiger partial charge in [-0.2, -0.15) is 11.8 Å². The van der Waals surface area contributed by atoms with Crippen molar-refractivity contribution in [3.8, 4) is 0 Å². The zero-order valence-corrected chi connectivity index (χ0v) is 8.32. The minimum Gasteiger partial charge on any atom is -0.329 e. The Hall–Kier alpha value is -0.220. The van der Waals surface area contributed by atoms with Crippen LogP contribution in [0.5, 0.6) is 0 Å². The second-order valence-electron chi connectivity index (χ2n) is 2.94. The molecule has 12 heavy (non-hydrogen) atoms. The summed E-state index contributed by atoms with van der Waals surface area (Å²) in [4.78, 5) is 13.0. The van der Waals surface area contributed by atoms with Crippen molar-refractivity contribution >= 4 is 17.7 Å². The highest BCUT2D eigenvalue weighted by atomic mass is 32.2. The van der Waals surface area contributed by atoms with Crippen LogP contribution >= 0.6 is 11.8 Å². The van der Waals surface area contributed by atoms with Gasteiger partial charge in [0.05, 0.1) is 13.2 Å². The predicted octanol–water partition coefficient (Wildman–Crippen LogP) is 0.519. The summed E-state index contributed by atoms with van der Waals surface area (Å²) >= 11 is 1.87. The summed E-state index contributed by atoms with van der Waals surface area (Å²) in [5.41, 5.74) is 0. The van der Waals surface area contributed by atoms with Crippen LogP contribution in [0.25, 0.3) is 0 Å². The van der Waals surface area contributed by atoms with Crippen molar-refractivity contribution in [1.29, 1.82) is 0 Å². The summed E-state index contributed by atoms with van der Waals surface area (Å²) in [6.07, 6.45) is 4.46. The Morgan fingerprint density at radius 2 is 2.42 bits per heavy atom. The van der Waals surface area contributed by atoms with Crippen LogP contribution in [0.1, 0.15) is 12.8 Å². The number of thioether (sulfide) groups is 1. The molecule has 0 saturated carbocycles. The van der Waals surface area contributed by atoms with E-state index in [1.807, 2.05) is 16.7 Å². The van der Waals surface area contributed by atoms with Gasteiger partial charge in [0, 0.05) is 6.54 Å². The molecule has 0 aromatic heterocycles. The van der Waals surface area contributed by atoms with Crippen LogP contribution in [-0.4, -0.2) is 42.6 Å². The number of hydrogen-bond acceptors (Lipinski definition) is 3. The molecule has 1 amide bonds. The third kappa shape index (κ3) is 3.03. The minimum atomic E-state index is 0.249. The van der Waals surface area contributed by atoms with Crippen LogP contribution in [0, 0.1) is 0 Å². The van der Waals surface area contributed by atoms with E-state index >= 15 is 0 Å². The van der Waals surface area contributed by atoms with E-state index in [1.165, 1.54) is 12.2 Å². The lowest BCUT2D eigenvalue weighted by Crippen LogP contribution is -2.27. The van der Waals surface area contributed by atoms with Crippen LogP contribution in [0.3, 0.4) is 0 Å². The molecule has 0 aromatic rings. The van der Waals surface area contributed by atoms with Crippen molar-refractivity contribution in [3.63, 3.8) is 0 Å². The number of nitrogens with zero attached hydrogens (tertiary/aromatic N) is 1. The summed E-state index contributed by atoms with van der Waals surface area (Å²) in [6.45, 7) is 2.20. The Morgan fingerprint density at radius 3 is 3.00 bits per heavy atom. The molecule has 70 valence electrons. The third-order valence-electron chi connectivity index (χ3n) is 1.96. The van der Waals surface area contributed by atoms with Gasteiger partial charge >= 0.3 is 0 Å². The first kappa shape index (κ1) is 9.86. The second-order valence-corrected chi connectivity index (χ2v) is 3.93. The largest absolute Gasteiger partial charge is 0.329 e. The van der Waals surface area contributed by atoms with Crippen molar-refractivity contribution in [2.24, 2.45) is 0 Å². The number of rotatable bonds is 5. The van der Waals surface area contributed by atoms with Gasteiger partial charge in [-0.3, -0.25) is 10.1 Å². The summed E-state index contributed by atoms with van der Waals surface area (Å²) < 4.78 is 0. The van der Waals surface area contributed by atoms with Crippen LogP contribution in [0.2, 0.25) is 0 Å². The second kappa shape index (κ2) is 5.43. The van der Waals surface area contributed by atoms with E-state index in [0.29, 0.717) is 6.54 Å². The Kier molecular flexibility index (Phi) is 4.46. The lowest BCUT2D eigenvalue weighted by Gasteiger charge is -2.13. The highest BCUT2D eigenvalue weighted by molar-refractivity contribution is 7.98. The molecule has 4 heteroatoms. The molecule has 1 N–H and O–H groups in total. The maximum Gasteiger partial charge on any atom is 0.237 e. The van der Waals surface area contributed by atoms with Gasteiger partial charge in [-0.15, -0.1) is 0 Å². The van der Waals surface area contributed by atoms with E-state index < -0.39 is 0 Å². The summed E-state index contributed by atoms with van der Waals surface area (Å²) in [5.74, 6) is 1.45. The predicted molar refractivity (Wildman–Crippen MR) is 52.2 cm³/mol. The Morgan fingerprint density at radius 1 is 1.58 bits per heavy atom. The van der Waals surface area contributed by atoms with Gasteiger partial charge < -0.3 is 4.90 Å². The Balaban J connectivity index is 2.02. The van der Waals surface area contributed by atoms with Crippen molar-refractivity contribution in [3.05, 3.63) is 0 Å². The molecule has 0 aromatic carbocycles. The first-order valence-corrected chi connectivity index (χ1v) is 5.71. The molecule has 3 nitrogen and oxygen atoms in total. The van der Waals surface area contributed by atoms with Crippen molar-refractivity contribution in [2.75, 3.05) is 31.8 Å². The smallest absolute Gasteiger partial charge is 0.237 e. The van der Waals surface area contributed by atoms with Crippen molar-refractivity contribution < 1.29 is 4.79 Å². The Bertz CT molecular complexity index is 152. The molecule has 1 saturated heterocycles. The van der Waals surface area contributed by atoms with Gasteiger partial charge in [-0.05, 0) is 24.9 Å². The highest BCUT2D eigenvalue weighted by Gasteiger charge is 2.17. The molecule has 1 aliphatic rings. The summed E-state index contributed by atoms with van der Waals surface area (Å²) in [6, 6.07) is 0. The van der Waals surface area contributed by atoms with E-state index in [-0.39, 0.29) is 5.91 Å². The lowest BCUT2D eigenvalue weighted by atomic mass is 10.3. The zero-order chi connectivity index (χ0) is 8.81. The maximum absolute atomic E-state index is 11.1. The quantitative estimate of drug-likeness (QED) is 0.638. The number of amides is 1. The lowest BCUT2D eigenvalue weighted by molar-refractivity contribution is -0.126. The molecule has 0 unspecified atom stereocenters. The number of nitrogens with one attached hydrogen (secondary N) is 1. The molecule has 0 atom stereocenters. The number of carbonyl (C=O) groups excluding carboxylic acids is 1. The molecule has 1 rings (SSSR count). The number of hydrogen-bond donors (Lipinski definition) is 1. The Labute approximate surface area is 77.9 Å². The van der Waals surface area contributed by atoms with Gasteiger partial charge in [-0.25, -0.2) is 0 Å². The van der Waals surface area contributed by atoms with Gasteiger partial charge in [-0.1, -0.05) is 0 Å². The summed E-state index contributed by atoms with van der Waals surface area (Å²) in [7, 11) is 0. The SMILES string of the molecule is CSCCCCN1CNCC1=O. The fourth-order valence-corrected chi connectivity index (χ4v) is 1.74. The zero-order valence-electron chi connectivity index (χ0n) is 7.51. The summed E-state index contributed by atoms with van der Waals surface area (Å²) in [5, 5.41) is 3.03. The van der Waals surface area contributed by atoms with Gasteiger partial charge in [0.25, 0.3) is 0 Å². The highest BCUT2D eigenvalue weighted by Crippen LogP contribution is 2.02. The third-order valence-corrected chi connectivity index (χ3v) is 2.66. The fraction of sp³-hybridized carbons (Fsp3) is 0.875. The van der Waals surface area contributed by atoms with Crippen LogP contribution in [0.15, 0.2) is 0 Å². The van der Waals surface area contributed by atoms with E-state index in [1.54, 1.807) is 0 Å². The van der Waals surface area contributed by atoms with Crippen LogP contribution in [-0.2, 0) is 4.79 Å². The van der Waals surface area contributed by atoms with Crippen LogP contribution < -0.4 is 5.32 Å². The molecule has 0 spiro atoms. The molecule has 1 fully saturated rings. The topological polar surface area (TPSA) is 32.3 Å².